The van der Waals surface area contributed by atoms with E-state index in [0.717, 1.165) is 39.5 Å². The maximum Gasteiger partial charge on any atom is 0.160 e. The second-order valence-electron chi connectivity index (χ2n) is 15.4. The van der Waals surface area contributed by atoms with Gasteiger partial charge in [0, 0.05) is 11.1 Å². The Bertz CT molecular complexity index is 2910. The Morgan fingerprint density at radius 3 is 1.16 bits per heavy atom. The fourth-order valence-corrected chi connectivity index (χ4v) is 11.7. The molecule has 2 heterocycles. The summed E-state index contributed by atoms with van der Waals surface area (Å²) in [5.41, 5.74) is 17.4. The number of rotatable bonds is 7. The number of aromatic nitrogens is 2. The van der Waals surface area contributed by atoms with Gasteiger partial charge in [-0.05, 0) is 95.8 Å². The van der Waals surface area contributed by atoms with Crippen molar-refractivity contribution >= 4 is 18.4 Å². The maximum atomic E-state index is 5.48. The van der Waals surface area contributed by atoms with Crippen LogP contribution in [0.2, 0.25) is 13.1 Å². The first-order valence-electron chi connectivity index (χ1n) is 19.6. The van der Waals surface area contributed by atoms with Gasteiger partial charge in [0.2, 0.25) is 0 Å². The van der Waals surface area contributed by atoms with Crippen LogP contribution in [0.5, 0.6) is 0 Å². The lowest BCUT2D eigenvalue weighted by Gasteiger charge is -2.22. The topological polar surface area (TPSA) is 25.8 Å². The van der Waals surface area contributed by atoms with Gasteiger partial charge in [-0.25, -0.2) is 9.97 Å². The zero-order valence-electron chi connectivity index (χ0n) is 32.0. The number of hydrogen-bond acceptors (Lipinski definition) is 2. The van der Waals surface area contributed by atoms with Crippen LogP contribution in [0.25, 0.3) is 89.5 Å². The molecule has 57 heavy (non-hydrogen) atoms. The van der Waals surface area contributed by atoms with Gasteiger partial charge in [-0.2, -0.15) is 0 Å². The van der Waals surface area contributed by atoms with Gasteiger partial charge in [0.05, 0.1) is 11.4 Å². The first kappa shape index (κ1) is 34.5. The Hall–Kier alpha value is -6.94. The largest absolute Gasteiger partial charge is 0.228 e. The molecule has 270 valence electrons. The summed E-state index contributed by atoms with van der Waals surface area (Å²) in [5, 5.41) is 2.73. The van der Waals surface area contributed by atoms with Crippen LogP contribution in [0.4, 0.5) is 0 Å². The van der Waals surface area contributed by atoms with Crippen molar-refractivity contribution in [2.24, 2.45) is 0 Å². The molecule has 2 nitrogen and oxygen atoms in total. The van der Waals surface area contributed by atoms with Crippen LogP contribution in [0.15, 0.2) is 206 Å². The number of fused-ring (bicyclic) bond motifs is 3. The average Bonchev–Trinajstić information content (AvgIpc) is 3.52. The summed E-state index contributed by atoms with van der Waals surface area (Å²) in [6.45, 7) is 4.88. The third-order valence-electron chi connectivity index (χ3n) is 11.5. The lowest BCUT2D eigenvalue weighted by Crippen LogP contribution is -2.50. The van der Waals surface area contributed by atoms with Gasteiger partial charge in [0.15, 0.2) is 5.82 Å². The van der Waals surface area contributed by atoms with E-state index in [4.69, 9.17) is 9.97 Å². The van der Waals surface area contributed by atoms with Crippen molar-refractivity contribution in [3.8, 4) is 89.5 Å². The minimum absolute atomic E-state index is 0.749. The first-order chi connectivity index (χ1) is 28.0. The molecule has 1 aromatic heterocycles. The summed E-state index contributed by atoms with van der Waals surface area (Å²) in [4.78, 5) is 10.9. The predicted molar refractivity (Wildman–Crippen MR) is 242 cm³/mol. The minimum atomic E-state index is -2.11. The summed E-state index contributed by atoms with van der Waals surface area (Å²) in [5.74, 6) is 0.749. The number of hydrogen-bond donors (Lipinski definition) is 0. The zero-order chi connectivity index (χ0) is 38.3. The molecule has 0 aliphatic carbocycles. The second kappa shape index (κ2) is 14.3. The van der Waals surface area contributed by atoms with Gasteiger partial charge in [-0.15, -0.1) is 0 Å². The smallest absolute Gasteiger partial charge is 0.160 e. The van der Waals surface area contributed by atoms with Gasteiger partial charge in [0.1, 0.15) is 8.07 Å². The molecule has 0 spiro atoms. The molecule has 0 N–H and O–H groups in total. The maximum absolute atomic E-state index is 5.48. The number of benzene rings is 8. The Kier molecular flexibility index (Phi) is 8.66. The minimum Gasteiger partial charge on any atom is -0.228 e. The summed E-state index contributed by atoms with van der Waals surface area (Å²) >= 11 is 0. The van der Waals surface area contributed by atoms with Gasteiger partial charge in [-0.1, -0.05) is 195 Å². The van der Waals surface area contributed by atoms with Crippen LogP contribution < -0.4 is 10.4 Å². The molecular weight excluding hydrogens is 705 g/mol. The van der Waals surface area contributed by atoms with E-state index in [1.165, 1.54) is 60.4 Å². The standard InChI is InChI=1S/C54H40N2Si/c1-57(2)50-28-10-9-27-49(50)52-53(57)51(40-31-29-39(30-32-40)43-21-11-19-41(33-43)37-15-5-3-6-16-37)55-54(56-52)48-26-14-25-47(36-48)46-24-13-23-45(35-46)44-22-12-20-42(34-44)38-17-7-4-8-18-38/h3-36H,1-2H3. The fraction of sp³-hybridized carbons (Fsp3) is 0.0370. The second-order valence-corrected chi connectivity index (χ2v) is 19.7. The van der Waals surface area contributed by atoms with Crippen molar-refractivity contribution in [3.05, 3.63) is 206 Å². The molecule has 9 aromatic rings. The molecule has 0 amide bonds. The fourth-order valence-electron chi connectivity index (χ4n) is 8.51. The molecule has 0 unspecified atom stereocenters. The molecule has 10 rings (SSSR count). The van der Waals surface area contributed by atoms with Crippen LogP contribution in [0, 0.1) is 0 Å². The molecule has 8 aromatic carbocycles. The summed E-state index contributed by atoms with van der Waals surface area (Å²) in [7, 11) is -2.11. The lowest BCUT2D eigenvalue weighted by atomic mass is 9.95. The highest BCUT2D eigenvalue weighted by molar-refractivity contribution is 7.04. The quantitative estimate of drug-likeness (QED) is 0.152. The van der Waals surface area contributed by atoms with Crippen LogP contribution >= 0.6 is 0 Å². The van der Waals surface area contributed by atoms with E-state index in [-0.39, 0.29) is 0 Å². The molecule has 0 fully saturated rings. The van der Waals surface area contributed by atoms with Crippen LogP contribution in [-0.4, -0.2) is 18.0 Å². The van der Waals surface area contributed by atoms with Gasteiger partial charge in [0.25, 0.3) is 0 Å². The highest BCUT2D eigenvalue weighted by atomic mass is 28.3. The molecule has 3 heteroatoms. The van der Waals surface area contributed by atoms with Crippen molar-refractivity contribution in [2.75, 3.05) is 0 Å². The molecule has 0 radical (unpaired) electrons. The highest BCUT2D eigenvalue weighted by Crippen LogP contribution is 2.36. The molecule has 1 aliphatic heterocycles. The van der Waals surface area contributed by atoms with Crippen LogP contribution in [-0.2, 0) is 0 Å². The van der Waals surface area contributed by atoms with Crippen molar-refractivity contribution in [3.63, 3.8) is 0 Å². The van der Waals surface area contributed by atoms with E-state index in [2.05, 4.69) is 219 Å². The summed E-state index contributed by atoms with van der Waals surface area (Å²) in [6.07, 6.45) is 0. The zero-order valence-corrected chi connectivity index (χ0v) is 33.0. The Balaban J connectivity index is 1.04. The highest BCUT2D eigenvalue weighted by Gasteiger charge is 2.41. The van der Waals surface area contributed by atoms with E-state index in [9.17, 15) is 0 Å². The van der Waals surface area contributed by atoms with E-state index in [1.54, 1.807) is 0 Å². The number of nitrogens with zero attached hydrogens (tertiary/aromatic N) is 2. The first-order valence-corrected chi connectivity index (χ1v) is 22.6. The molecule has 0 atom stereocenters. The van der Waals surface area contributed by atoms with Crippen molar-refractivity contribution in [1.82, 2.24) is 9.97 Å². The molecule has 1 aliphatic rings. The third kappa shape index (κ3) is 6.42. The van der Waals surface area contributed by atoms with Crippen molar-refractivity contribution in [2.45, 2.75) is 13.1 Å². The Morgan fingerprint density at radius 2 is 0.649 bits per heavy atom. The monoisotopic (exact) mass is 744 g/mol. The van der Waals surface area contributed by atoms with Crippen LogP contribution in [0.3, 0.4) is 0 Å². The van der Waals surface area contributed by atoms with Gasteiger partial charge in [-0.3, -0.25) is 0 Å². The van der Waals surface area contributed by atoms with E-state index in [1.807, 2.05) is 0 Å². The van der Waals surface area contributed by atoms with E-state index < -0.39 is 8.07 Å². The predicted octanol–water partition coefficient (Wildman–Crippen LogP) is 12.9. The lowest BCUT2D eigenvalue weighted by molar-refractivity contribution is 1.20. The Labute approximate surface area is 335 Å². The summed E-state index contributed by atoms with van der Waals surface area (Å²) < 4.78 is 0. The average molecular weight is 745 g/mol. The van der Waals surface area contributed by atoms with Gasteiger partial charge >= 0.3 is 0 Å². The normalized spacial score (nSPS) is 12.5. The van der Waals surface area contributed by atoms with Crippen LogP contribution in [0.1, 0.15) is 0 Å². The Morgan fingerprint density at radius 1 is 0.298 bits per heavy atom. The van der Waals surface area contributed by atoms with Crippen molar-refractivity contribution in [1.29, 1.82) is 0 Å². The van der Waals surface area contributed by atoms with Gasteiger partial charge < -0.3 is 0 Å². The van der Waals surface area contributed by atoms with Crippen molar-refractivity contribution < 1.29 is 0 Å². The SMILES string of the molecule is C[Si]1(C)c2ccccc2-c2nc(-c3cccc(-c4cccc(-c5cccc(-c6ccccc6)c5)c4)c3)nc(-c3ccc(-c4cccc(-c5ccccc5)c4)cc3)c21. The third-order valence-corrected chi connectivity index (χ3v) is 15.0. The van der Waals surface area contributed by atoms with E-state index in [0.29, 0.717) is 0 Å². The molecule has 0 saturated heterocycles. The van der Waals surface area contributed by atoms with E-state index >= 15 is 0 Å². The molecular formula is C54H40N2Si. The summed E-state index contributed by atoms with van der Waals surface area (Å²) in [6, 6.07) is 74.1. The molecule has 0 bridgehead atoms. The molecule has 0 saturated carbocycles.